The van der Waals surface area contributed by atoms with Crippen LogP contribution in [0.3, 0.4) is 0 Å². The third-order valence-corrected chi connectivity index (χ3v) is 3.62. The number of hydrogen-bond acceptors (Lipinski definition) is 5. The quantitative estimate of drug-likeness (QED) is 0.863. The first kappa shape index (κ1) is 13.3. The molecule has 0 saturated carbocycles. The van der Waals surface area contributed by atoms with Crippen LogP contribution in [0.4, 0.5) is 5.95 Å². The lowest BCUT2D eigenvalue weighted by Gasteiger charge is -2.36. The van der Waals surface area contributed by atoms with Crippen molar-refractivity contribution in [2.45, 2.75) is 26.7 Å². The summed E-state index contributed by atoms with van der Waals surface area (Å²) in [6.07, 6.45) is 1.11. The van der Waals surface area contributed by atoms with Crippen LogP contribution in [0.1, 0.15) is 31.2 Å². The normalized spacial score (nSPS) is 17.8. The van der Waals surface area contributed by atoms with Crippen molar-refractivity contribution < 1.29 is 9.90 Å². The number of carbonyl (C=O) groups is 1. The van der Waals surface area contributed by atoms with Crippen LogP contribution in [0, 0.1) is 23.7 Å². The maximum Gasteiger partial charge on any atom is 0.309 e. The highest BCUT2D eigenvalue weighted by Crippen LogP contribution is 2.32. The Morgan fingerprint density at radius 3 is 2.63 bits per heavy atom. The lowest BCUT2D eigenvalue weighted by atomic mass is 9.80. The topological polar surface area (TPSA) is 90.1 Å². The summed E-state index contributed by atoms with van der Waals surface area (Å²) in [7, 11) is 0. The fourth-order valence-electron chi connectivity index (χ4n) is 2.17. The first-order valence-corrected chi connectivity index (χ1v) is 6.19. The van der Waals surface area contributed by atoms with Gasteiger partial charge in [0.15, 0.2) is 0 Å². The Morgan fingerprint density at radius 1 is 1.47 bits per heavy atom. The van der Waals surface area contributed by atoms with Gasteiger partial charge in [-0.1, -0.05) is 0 Å². The third kappa shape index (κ3) is 2.65. The van der Waals surface area contributed by atoms with Crippen molar-refractivity contribution in [3.05, 3.63) is 17.5 Å². The SMILES string of the molecule is Cc1cc(C#N)nc(N2CCC(C)(C(=O)O)CC2)n1. The van der Waals surface area contributed by atoms with Crippen molar-refractivity contribution >= 4 is 11.9 Å². The van der Waals surface area contributed by atoms with E-state index in [9.17, 15) is 9.90 Å². The second kappa shape index (κ2) is 4.84. The molecule has 0 spiro atoms. The zero-order valence-corrected chi connectivity index (χ0v) is 11.1. The second-order valence-corrected chi connectivity index (χ2v) is 5.16. The molecule has 6 heteroatoms. The number of carboxylic acid groups (broad SMARTS) is 1. The summed E-state index contributed by atoms with van der Waals surface area (Å²) in [4.78, 5) is 21.6. The molecule has 2 rings (SSSR count). The summed E-state index contributed by atoms with van der Waals surface area (Å²) in [5.74, 6) is -0.237. The fraction of sp³-hybridized carbons (Fsp3) is 0.538. The van der Waals surface area contributed by atoms with Gasteiger partial charge in [-0.25, -0.2) is 9.97 Å². The highest BCUT2D eigenvalue weighted by Gasteiger charge is 2.37. The highest BCUT2D eigenvalue weighted by atomic mass is 16.4. The molecule has 0 aromatic carbocycles. The number of aliphatic carboxylic acids is 1. The van der Waals surface area contributed by atoms with Crippen LogP contribution in [0.25, 0.3) is 0 Å². The molecule has 1 fully saturated rings. The predicted octanol–water partition coefficient (Wildman–Crippen LogP) is 1.35. The van der Waals surface area contributed by atoms with Crippen molar-refractivity contribution in [2.24, 2.45) is 5.41 Å². The molecule has 1 saturated heterocycles. The van der Waals surface area contributed by atoms with Crippen LogP contribution in [-0.4, -0.2) is 34.1 Å². The molecule has 6 nitrogen and oxygen atoms in total. The van der Waals surface area contributed by atoms with Gasteiger partial charge in [0.05, 0.1) is 5.41 Å². The molecule has 19 heavy (non-hydrogen) atoms. The van der Waals surface area contributed by atoms with Crippen molar-refractivity contribution in [3.63, 3.8) is 0 Å². The van der Waals surface area contributed by atoms with E-state index in [1.807, 2.05) is 17.9 Å². The number of piperidine rings is 1. The Balaban J connectivity index is 2.16. The van der Waals surface area contributed by atoms with Gasteiger partial charge in [0.2, 0.25) is 5.95 Å². The average Bonchev–Trinajstić information content (AvgIpc) is 2.38. The zero-order valence-electron chi connectivity index (χ0n) is 11.1. The number of rotatable bonds is 2. The molecule has 0 amide bonds. The number of nitrogens with zero attached hydrogens (tertiary/aromatic N) is 4. The molecule has 1 N–H and O–H groups in total. The van der Waals surface area contributed by atoms with E-state index in [2.05, 4.69) is 9.97 Å². The van der Waals surface area contributed by atoms with Crippen LogP contribution in [0.5, 0.6) is 0 Å². The number of carboxylic acids is 1. The van der Waals surface area contributed by atoms with Crippen LogP contribution >= 0.6 is 0 Å². The molecule has 2 heterocycles. The van der Waals surface area contributed by atoms with E-state index in [-0.39, 0.29) is 0 Å². The molecule has 0 unspecified atom stereocenters. The fourth-order valence-corrected chi connectivity index (χ4v) is 2.17. The summed E-state index contributed by atoms with van der Waals surface area (Å²) in [5, 5.41) is 18.1. The van der Waals surface area contributed by atoms with E-state index >= 15 is 0 Å². The van der Waals surface area contributed by atoms with Crippen molar-refractivity contribution in [2.75, 3.05) is 18.0 Å². The summed E-state index contributed by atoms with van der Waals surface area (Å²) in [5.41, 5.74) is 0.417. The predicted molar refractivity (Wildman–Crippen MR) is 68.7 cm³/mol. The highest BCUT2D eigenvalue weighted by molar-refractivity contribution is 5.74. The largest absolute Gasteiger partial charge is 0.481 e. The molecule has 0 bridgehead atoms. The summed E-state index contributed by atoms with van der Waals surface area (Å²) in [6.45, 7) is 4.77. The van der Waals surface area contributed by atoms with Gasteiger partial charge in [-0.3, -0.25) is 4.79 Å². The maximum atomic E-state index is 11.2. The van der Waals surface area contributed by atoms with Crippen LogP contribution in [0.15, 0.2) is 6.07 Å². The first-order valence-electron chi connectivity index (χ1n) is 6.19. The van der Waals surface area contributed by atoms with Gasteiger partial charge in [-0.2, -0.15) is 5.26 Å². The number of hydrogen-bond donors (Lipinski definition) is 1. The minimum Gasteiger partial charge on any atom is -0.481 e. The van der Waals surface area contributed by atoms with Gasteiger partial charge in [-0.15, -0.1) is 0 Å². The monoisotopic (exact) mass is 260 g/mol. The maximum absolute atomic E-state index is 11.2. The van der Waals surface area contributed by atoms with Gasteiger partial charge in [0, 0.05) is 18.8 Å². The minimum absolute atomic E-state index is 0.342. The van der Waals surface area contributed by atoms with Crippen molar-refractivity contribution in [3.8, 4) is 6.07 Å². The van der Waals surface area contributed by atoms with Crippen LogP contribution in [-0.2, 0) is 4.79 Å². The Kier molecular flexibility index (Phi) is 3.38. The van der Waals surface area contributed by atoms with Crippen LogP contribution < -0.4 is 4.90 Å². The standard InChI is InChI=1S/C13H16N4O2/c1-9-7-10(8-14)16-12(15-9)17-5-3-13(2,4-6-17)11(18)19/h7H,3-6H2,1-2H3,(H,18,19). The van der Waals surface area contributed by atoms with Gasteiger partial charge in [0.1, 0.15) is 11.8 Å². The number of aryl methyl sites for hydroxylation is 1. The number of anilines is 1. The minimum atomic E-state index is -0.755. The molecular weight excluding hydrogens is 244 g/mol. The number of nitriles is 1. The molecule has 0 radical (unpaired) electrons. The van der Waals surface area contributed by atoms with Crippen molar-refractivity contribution in [1.29, 1.82) is 5.26 Å². The van der Waals surface area contributed by atoms with Gasteiger partial charge >= 0.3 is 5.97 Å². The third-order valence-electron chi connectivity index (χ3n) is 3.62. The van der Waals surface area contributed by atoms with E-state index in [4.69, 9.17) is 5.26 Å². The summed E-state index contributed by atoms with van der Waals surface area (Å²) < 4.78 is 0. The lowest BCUT2D eigenvalue weighted by Crippen LogP contribution is -2.43. The van der Waals surface area contributed by atoms with E-state index in [0.717, 1.165) is 5.69 Å². The Bertz CT molecular complexity index is 542. The Morgan fingerprint density at radius 2 is 2.11 bits per heavy atom. The van der Waals surface area contributed by atoms with E-state index < -0.39 is 11.4 Å². The molecule has 0 atom stereocenters. The first-order chi connectivity index (χ1) is 8.94. The molecule has 1 aromatic rings. The Hall–Kier alpha value is -2.16. The van der Waals surface area contributed by atoms with E-state index in [1.54, 1.807) is 13.0 Å². The van der Waals surface area contributed by atoms with Gasteiger partial charge < -0.3 is 10.0 Å². The smallest absolute Gasteiger partial charge is 0.309 e. The Labute approximate surface area is 111 Å². The molecule has 1 aliphatic rings. The second-order valence-electron chi connectivity index (χ2n) is 5.16. The molecule has 1 aliphatic heterocycles. The van der Waals surface area contributed by atoms with Gasteiger partial charge in [0.25, 0.3) is 0 Å². The molecule has 0 aliphatic carbocycles. The molecule has 1 aromatic heterocycles. The lowest BCUT2D eigenvalue weighted by molar-refractivity contribution is -0.149. The zero-order chi connectivity index (χ0) is 14.0. The average molecular weight is 260 g/mol. The van der Waals surface area contributed by atoms with Crippen molar-refractivity contribution in [1.82, 2.24) is 9.97 Å². The molecule has 100 valence electrons. The summed E-state index contributed by atoms with van der Waals surface area (Å²) >= 11 is 0. The molecular formula is C13H16N4O2. The number of aromatic nitrogens is 2. The summed E-state index contributed by atoms with van der Waals surface area (Å²) in [6, 6.07) is 3.64. The van der Waals surface area contributed by atoms with E-state index in [1.165, 1.54) is 0 Å². The van der Waals surface area contributed by atoms with Gasteiger partial charge in [-0.05, 0) is 32.8 Å². The van der Waals surface area contributed by atoms with Crippen LogP contribution in [0.2, 0.25) is 0 Å². The van der Waals surface area contributed by atoms with E-state index in [0.29, 0.717) is 37.6 Å².